The average Bonchev–Trinajstić information content (AvgIpc) is 3.44. The maximum Gasteiger partial charge on any atom is 0.256 e. The zero-order valence-electron chi connectivity index (χ0n) is 27.2. The van der Waals surface area contributed by atoms with Crippen LogP contribution >= 0.6 is 0 Å². The van der Waals surface area contributed by atoms with Crippen LogP contribution in [0.3, 0.4) is 0 Å². The van der Waals surface area contributed by atoms with E-state index >= 15 is 0 Å². The molecule has 1 aromatic carbocycles. The number of carbonyl (C=O) groups is 1. The molecule has 4 aliphatic carbocycles. The molecule has 3 saturated carbocycles. The highest BCUT2D eigenvalue weighted by atomic mass is 16.3. The summed E-state index contributed by atoms with van der Waals surface area (Å²) >= 11 is 0. The molecule has 1 amide bonds. The van der Waals surface area contributed by atoms with Crippen LogP contribution in [0.2, 0.25) is 0 Å². The summed E-state index contributed by atoms with van der Waals surface area (Å²) in [5, 5.41) is 14.5. The Morgan fingerprint density at radius 1 is 1.00 bits per heavy atom. The molecule has 4 heteroatoms. The Balaban J connectivity index is 1.02. The highest BCUT2D eigenvalue weighted by molar-refractivity contribution is 5.98. The minimum absolute atomic E-state index is 0.0359. The van der Waals surface area contributed by atoms with Gasteiger partial charge in [0.1, 0.15) is 0 Å². The van der Waals surface area contributed by atoms with Crippen molar-refractivity contribution in [1.29, 1.82) is 0 Å². The summed E-state index contributed by atoms with van der Waals surface area (Å²) in [6.45, 7) is 14.2. The second-order valence-electron chi connectivity index (χ2n) is 16.0. The van der Waals surface area contributed by atoms with Gasteiger partial charge in [-0.25, -0.2) is 0 Å². The van der Waals surface area contributed by atoms with Gasteiger partial charge in [-0.05, 0) is 117 Å². The number of carbonyl (C=O) groups excluding carboxylic acids is 1. The summed E-state index contributed by atoms with van der Waals surface area (Å²) < 4.78 is 0. The Hall–Kier alpha value is -1.65. The summed E-state index contributed by atoms with van der Waals surface area (Å²) in [6.07, 6.45) is 17.9. The Morgan fingerprint density at radius 3 is 2.60 bits per heavy atom. The summed E-state index contributed by atoms with van der Waals surface area (Å²) in [4.78, 5) is 14.4. The van der Waals surface area contributed by atoms with Crippen LogP contribution in [-0.4, -0.2) is 35.0 Å². The van der Waals surface area contributed by atoms with E-state index in [0.29, 0.717) is 29.0 Å². The lowest BCUT2D eigenvalue weighted by Crippen LogP contribution is -2.51. The highest BCUT2D eigenvalue weighted by Gasteiger charge is 2.59. The third kappa shape index (κ3) is 5.31. The smallest absolute Gasteiger partial charge is 0.256 e. The van der Waals surface area contributed by atoms with Gasteiger partial charge in [0.25, 0.3) is 5.91 Å². The number of rotatable bonds is 10. The molecule has 42 heavy (non-hydrogen) atoms. The average molecular weight is 575 g/mol. The van der Waals surface area contributed by atoms with Crippen LogP contribution in [-0.2, 0) is 0 Å². The van der Waals surface area contributed by atoms with Crippen LogP contribution in [0, 0.1) is 46.3 Å². The van der Waals surface area contributed by atoms with Crippen LogP contribution in [0.25, 0.3) is 0 Å². The zero-order chi connectivity index (χ0) is 29.6. The van der Waals surface area contributed by atoms with E-state index in [4.69, 9.17) is 0 Å². The monoisotopic (exact) mass is 574 g/mol. The molecule has 9 atom stereocenters. The van der Waals surface area contributed by atoms with Crippen molar-refractivity contribution in [1.82, 2.24) is 10.2 Å². The van der Waals surface area contributed by atoms with Gasteiger partial charge in [-0.1, -0.05) is 83.7 Å². The Labute approximate surface area is 256 Å². The summed E-state index contributed by atoms with van der Waals surface area (Å²) in [6, 6.07) is 8.00. The summed E-state index contributed by atoms with van der Waals surface area (Å²) in [7, 11) is 0. The molecular weight excluding hydrogens is 516 g/mol. The van der Waals surface area contributed by atoms with Gasteiger partial charge in [-0.2, -0.15) is 0 Å². The molecule has 5 aliphatic rings. The molecule has 0 radical (unpaired) electrons. The molecule has 0 spiro atoms. The van der Waals surface area contributed by atoms with E-state index in [1.807, 2.05) is 24.3 Å². The molecule has 1 heterocycles. The number of benzene rings is 1. The van der Waals surface area contributed by atoms with Crippen LogP contribution in [0.1, 0.15) is 134 Å². The Kier molecular flexibility index (Phi) is 8.70. The van der Waals surface area contributed by atoms with E-state index < -0.39 is 6.23 Å². The number of hydrogen-bond donors (Lipinski definition) is 2. The lowest BCUT2D eigenvalue weighted by Gasteiger charge is -2.58. The SMILES string of the molecule is CC(C)CCCC(C)[C@H]1CCC2C3CC=C4C[C@@H](NCCCN5C(=O)c6ccccc6C5O)CC[C@]4(C)C3CC[C@@]21C. The first-order valence-electron chi connectivity index (χ1n) is 17.6. The van der Waals surface area contributed by atoms with Crippen LogP contribution < -0.4 is 5.32 Å². The molecular formula is C38H58N2O2. The van der Waals surface area contributed by atoms with E-state index in [9.17, 15) is 9.90 Å². The first-order valence-corrected chi connectivity index (χ1v) is 17.6. The number of fused-ring (bicyclic) bond motifs is 6. The molecule has 0 saturated heterocycles. The number of aliphatic hydroxyl groups excluding tert-OH is 1. The predicted molar refractivity (Wildman–Crippen MR) is 172 cm³/mol. The minimum atomic E-state index is -0.801. The van der Waals surface area contributed by atoms with Gasteiger partial charge in [0, 0.05) is 23.7 Å². The standard InChI is InChI=1S/C38H58N2O2/c1-25(2)10-8-11-26(3)32-16-17-33-31-15-14-27-24-28(18-20-37(27,4)34(31)19-21-38(32,33)5)39-22-9-23-40-35(41)29-12-6-7-13-30(29)36(40)42/h6-7,12-14,25-26,28,31-35,39,41H,8-11,15-24H2,1-5H3/t26?,28-,31?,32+,33?,34?,35?,37-,38+/m0/s1. The van der Waals surface area contributed by atoms with Crippen molar-refractivity contribution in [2.24, 2.45) is 46.3 Å². The lowest BCUT2D eigenvalue weighted by atomic mass is 9.47. The molecule has 2 N–H and O–H groups in total. The molecule has 4 nitrogen and oxygen atoms in total. The Morgan fingerprint density at radius 2 is 1.81 bits per heavy atom. The number of nitrogens with one attached hydrogen (secondary N) is 1. The van der Waals surface area contributed by atoms with Gasteiger partial charge in [0.2, 0.25) is 0 Å². The van der Waals surface area contributed by atoms with E-state index in [1.165, 1.54) is 70.6 Å². The molecule has 5 unspecified atom stereocenters. The van der Waals surface area contributed by atoms with Crippen molar-refractivity contribution in [2.45, 2.75) is 124 Å². The van der Waals surface area contributed by atoms with Gasteiger partial charge in [-0.3, -0.25) is 4.79 Å². The normalized spacial score (nSPS) is 38.1. The quantitative estimate of drug-likeness (QED) is 0.217. The van der Waals surface area contributed by atoms with Crippen LogP contribution in [0.4, 0.5) is 0 Å². The Bertz CT molecular complexity index is 1160. The van der Waals surface area contributed by atoms with Crippen molar-refractivity contribution < 1.29 is 9.90 Å². The number of nitrogens with zero attached hydrogens (tertiary/aromatic N) is 1. The fourth-order valence-corrected chi connectivity index (χ4v) is 11.0. The van der Waals surface area contributed by atoms with Gasteiger partial charge < -0.3 is 15.3 Å². The molecule has 1 aliphatic heterocycles. The number of hydrogen-bond acceptors (Lipinski definition) is 3. The fourth-order valence-electron chi connectivity index (χ4n) is 11.0. The van der Waals surface area contributed by atoms with Gasteiger partial charge in [0.05, 0.1) is 0 Å². The molecule has 232 valence electrons. The van der Waals surface area contributed by atoms with E-state index in [0.717, 1.165) is 54.0 Å². The van der Waals surface area contributed by atoms with Crippen molar-refractivity contribution in [2.75, 3.05) is 13.1 Å². The second-order valence-corrected chi connectivity index (χ2v) is 16.0. The van der Waals surface area contributed by atoms with Crippen LogP contribution in [0.5, 0.6) is 0 Å². The molecule has 6 rings (SSSR count). The second kappa shape index (κ2) is 12.0. The molecule has 0 bridgehead atoms. The maximum absolute atomic E-state index is 12.8. The molecule has 3 fully saturated rings. The third-order valence-electron chi connectivity index (χ3n) is 13.3. The number of amides is 1. The minimum Gasteiger partial charge on any atom is -0.369 e. The molecule has 0 aromatic heterocycles. The van der Waals surface area contributed by atoms with Crippen molar-refractivity contribution in [3.8, 4) is 0 Å². The summed E-state index contributed by atoms with van der Waals surface area (Å²) in [5.74, 6) is 5.30. The van der Waals surface area contributed by atoms with Crippen molar-refractivity contribution >= 4 is 5.91 Å². The highest BCUT2D eigenvalue weighted by Crippen LogP contribution is 2.67. The van der Waals surface area contributed by atoms with E-state index in [-0.39, 0.29) is 5.91 Å². The predicted octanol–water partition coefficient (Wildman–Crippen LogP) is 8.52. The topological polar surface area (TPSA) is 52.6 Å². The first-order chi connectivity index (χ1) is 20.1. The van der Waals surface area contributed by atoms with Gasteiger partial charge in [-0.15, -0.1) is 0 Å². The molecule has 1 aromatic rings. The fraction of sp³-hybridized carbons (Fsp3) is 0.763. The third-order valence-corrected chi connectivity index (χ3v) is 13.3. The van der Waals surface area contributed by atoms with Crippen molar-refractivity contribution in [3.05, 3.63) is 47.0 Å². The zero-order valence-corrected chi connectivity index (χ0v) is 27.2. The number of allylic oxidation sites excluding steroid dienone is 1. The largest absolute Gasteiger partial charge is 0.369 e. The van der Waals surface area contributed by atoms with Crippen LogP contribution in [0.15, 0.2) is 35.9 Å². The first kappa shape index (κ1) is 30.4. The van der Waals surface area contributed by atoms with Gasteiger partial charge >= 0.3 is 0 Å². The summed E-state index contributed by atoms with van der Waals surface area (Å²) in [5.41, 5.74) is 4.09. The van der Waals surface area contributed by atoms with E-state index in [2.05, 4.69) is 46.0 Å². The lowest BCUT2D eigenvalue weighted by molar-refractivity contribution is -0.0515. The van der Waals surface area contributed by atoms with E-state index in [1.54, 1.807) is 10.5 Å². The van der Waals surface area contributed by atoms with Gasteiger partial charge in [0.15, 0.2) is 6.23 Å². The van der Waals surface area contributed by atoms with Crippen molar-refractivity contribution in [3.63, 3.8) is 0 Å². The number of aliphatic hydroxyl groups is 1. The maximum atomic E-state index is 12.8.